The SMILES string of the molecule is COc1ccc([C@@H]2CC[C@@H](C)[C@H]3CC[C@](C)(SC)C(=O)N32)cc1. The van der Waals surface area contributed by atoms with Gasteiger partial charge in [-0.2, -0.15) is 0 Å². The van der Waals surface area contributed by atoms with E-state index in [1.807, 2.05) is 12.1 Å². The maximum atomic E-state index is 13.2. The molecule has 2 heterocycles. The lowest BCUT2D eigenvalue weighted by Gasteiger charge is -2.52. The van der Waals surface area contributed by atoms with E-state index < -0.39 is 0 Å². The molecule has 2 saturated heterocycles. The second-order valence-electron chi connectivity index (χ2n) is 7.10. The summed E-state index contributed by atoms with van der Waals surface area (Å²) in [5, 5.41) is 0. The normalized spacial score (nSPS) is 34.2. The highest BCUT2D eigenvalue weighted by Gasteiger charge is 2.49. The van der Waals surface area contributed by atoms with Crippen molar-refractivity contribution >= 4 is 17.7 Å². The van der Waals surface area contributed by atoms with E-state index in [0.29, 0.717) is 17.9 Å². The van der Waals surface area contributed by atoms with Gasteiger partial charge in [0.2, 0.25) is 5.91 Å². The molecule has 3 nitrogen and oxygen atoms in total. The molecular weight excluding hydrogens is 306 g/mol. The van der Waals surface area contributed by atoms with Gasteiger partial charge in [0, 0.05) is 6.04 Å². The molecule has 0 spiro atoms. The minimum absolute atomic E-state index is 0.210. The van der Waals surface area contributed by atoms with Crippen molar-refractivity contribution < 1.29 is 9.53 Å². The van der Waals surface area contributed by atoms with E-state index in [9.17, 15) is 4.79 Å². The molecule has 2 aliphatic heterocycles. The van der Waals surface area contributed by atoms with Crippen molar-refractivity contribution in [3.05, 3.63) is 29.8 Å². The standard InChI is InChI=1S/C19H27NO2S/c1-13-5-10-17(14-6-8-15(22-3)9-7-14)20-16(13)11-12-19(2,23-4)18(20)21/h6-9,13,16-17H,5,10-12H2,1-4H3/t13-,16-,17+,19+/m1/s1. The Morgan fingerprint density at radius 3 is 2.52 bits per heavy atom. The van der Waals surface area contributed by atoms with E-state index in [1.54, 1.807) is 18.9 Å². The highest BCUT2D eigenvalue weighted by molar-refractivity contribution is 8.00. The van der Waals surface area contributed by atoms with Crippen LogP contribution >= 0.6 is 11.8 Å². The van der Waals surface area contributed by atoms with Crippen LogP contribution in [0.5, 0.6) is 5.75 Å². The van der Waals surface area contributed by atoms with Gasteiger partial charge in [0.25, 0.3) is 0 Å². The molecule has 3 rings (SSSR count). The molecule has 4 atom stereocenters. The second-order valence-corrected chi connectivity index (χ2v) is 8.41. The number of ether oxygens (including phenoxy) is 1. The lowest BCUT2D eigenvalue weighted by atomic mass is 9.77. The maximum Gasteiger partial charge on any atom is 0.239 e. The molecule has 1 amide bonds. The van der Waals surface area contributed by atoms with Gasteiger partial charge in [-0.3, -0.25) is 4.79 Å². The fourth-order valence-electron chi connectivity index (χ4n) is 4.12. The van der Waals surface area contributed by atoms with Gasteiger partial charge in [0.15, 0.2) is 0 Å². The first-order valence-corrected chi connectivity index (χ1v) is 9.74. The molecule has 4 heteroatoms. The Kier molecular flexibility index (Phi) is 4.63. The first-order valence-electron chi connectivity index (χ1n) is 8.52. The Morgan fingerprint density at radius 1 is 1.22 bits per heavy atom. The van der Waals surface area contributed by atoms with Gasteiger partial charge < -0.3 is 9.64 Å². The molecule has 23 heavy (non-hydrogen) atoms. The number of hydrogen-bond acceptors (Lipinski definition) is 3. The number of carbonyl (C=O) groups excluding carboxylic acids is 1. The van der Waals surface area contributed by atoms with Crippen LogP contribution in [0.4, 0.5) is 0 Å². The van der Waals surface area contributed by atoms with E-state index >= 15 is 0 Å². The third-order valence-corrected chi connectivity index (χ3v) is 7.08. The van der Waals surface area contributed by atoms with Gasteiger partial charge in [0.05, 0.1) is 17.9 Å². The monoisotopic (exact) mass is 333 g/mol. The Labute approximate surface area is 143 Å². The molecule has 0 saturated carbocycles. The Balaban J connectivity index is 1.94. The predicted octanol–water partition coefficient (Wildman–Crippen LogP) is 4.28. The number of hydrogen-bond donors (Lipinski definition) is 0. The number of methoxy groups -OCH3 is 1. The molecular formula is C19H27NO2S. The number of amides is 1. The van der Waals surface area contributed by atoms with Crippen molar-refractivity contribution in [2.45, 2.75) is 56.4 Å². The molecule has 126 valence electrons. The largest absolute Gasteiger partial charge is 0.497 e. The average Bonchev–Trinajstić information content (AvgIpc) is 2.59. The van der Waals surface area contributed by atoms with Crippen molar-refractivity contribution in [1.29, 1.82) is 0 Å². The third-order valence-electron chi connectivity index (χ3n) is 5.80. The molecule has 0 unspecified atom stereocenters. The van der Waals surface area contributed by atoms with E-state index in [1.165, 1.54) is 12.0 Å². The van der Waals surface area contributed by atoms with Crippen LogP contribution in [0.25, 0.3) is 0 Å². The molecule has 0 aliphatic carbocycles. The Bertz CT molecular complexity index is 573. The predicted molar refractivity (Wildman–Crippen MR) is 95.9 cm³/mol. The molecule has 2 aliphatic rings. The first-order chi connectivity index (χ1) is 11.0. The number of rotatable bonds is 3. The van der Waals surface area contributed by atoms with Crippen LogP contribution in [-0.4, -0.2) is 35.0 Å². The fraction of sp³-hybridized carbons (Fsp3) is 0.632. The first kappa shape index (κ1) is 16.7. The lowest BCUT2D eigenvalue weighted by Crippen LogP contribution is -2.59. The number of nitrogens with zero attached hydrogens (tertiary/aromatic N) is 1. The lowest BCUT2D eigenvalue weighted by molar-refractivity contribution is -0.147. The summed E-state index contributed by atoms with van der Waals surface area (Å²) in [7, 11) is 1.69. The van der Waals surface area contributed by atoms with Crippen LogP contribution in [0.3, 0.4) is 0 Å². The van der Waals surface area contributed by atoms with Gasteiger partial charge in [-0.25, -0.2) is 0 Å². The maximum absolute atomic E-state index is 13.2. The molecule has 0 radical (unpaired) electrons. The summed E-state index contributed by atoms with van der Waals surface area (Å²) < 4.78 is 5.00. The summed E-state index contributed by atoms with van der Waals surface area (Å²) in [5.41, 5.74) is 1.24. The van der Waals surface area contributed by atoms with Crippen LogP contribution in [0.15, 0.2) is 24.3 Å². The summed E-state index contributed by atoms with van der Waals surface area (Å²) in [6, 6.07) is 8.85. The van der Waals surface area contributed by atoms with Crippen LogP contribution in [-0.2, 0) is 4.79 Å². The third kappa shape index (κ3) is 2.86. The summed E-state index contributed by atoms with van der Waals surface area (Å²) in [6.07, 6.45) is 6.43. The summed E-state index contributed by atoms with van der Waals surface area (Å²) in [5.74, 6) is 1.79. The molecule has 0 aromatic heterocycles. The molecule has 0 N–H and O–H groups in total. The van der Waals surface area contributed by atoms with Crippen LogP contribution in [0.1, 0.15) is 51.1 Å². The van der Waals surface area contributed by atoms with Gasteiger partial charge in [-0.15, -0.1) is 11.8 Å². The highest BCUT2D eigenvalue weighted by Crippen LogP contribution is 2.47. The van der Waals surface area contributed by atoms with Crippen molar-refractivity contribution in [2.24, 2.45) is 5.92 Å². The quantitative estimate of drug-likeness (QED) is 0.827. The summed E-state index contributed by atoms with van der Waals surface area (Å²) >= 11 is 1.71. The number of piperidine rings is 2. The molecule has 1 aromatic carbocycles. The van der Waals surface area contributed by atoms with Gasteiger partial charge in [0.1, 0.15) is 5.75 Å². The van der Waals surface area contributed by atoms with Gasteiger partial charge >= 0.3 is 0 Å². The van der Waals surface area contributed by atoms with Crippen molar-refractivity contribution in [3.63, 3.8) is 0 Å². The number of fused-ring (bicyclic) bond motifs is 1. The average molecular weight is 333 g/mol. The van der Waals surface area contributed by atoms with Crippen LogP contribution < -0.4 is 4.74 Å². The Morgan fingerprint density at radius 2 is 1.91 bits per heavy atom. The summed E-state index contributed by atoms with van der Waals surface area (Å²) in [6.45, 7) is 4.41. The zero-order valence-corrected chi connectivity index (χ0v) is 15.4. The van der Waals surface area contributed by atoms with Crippen molar-refractivity contribution in [3.8, 4) is 5.75 Å². The van der Waals surface area contributed by atoms with E-state index in [2.05, 4.69) is 37.1 Å². The minimum atomic E-state index is -0.266. The number of carbonyl (C=O) groups is 1. The zero-order valence-electron chi connectivity index (χ0n) is 14.5. The second kappa shape index (κ2) is 6.39. The van der Waals surface area contributed by atoms with E-state index in [0.717, 1.165) is 25.0 Å². The van der Waals surface area contributed by atoms with Crippen molar-refractivity contribution in [1.82, 2.24) is 4.90 Å². The Hall–Kier alpha value is -1.16. The van der Waals surface area contributed by atoms with E-state index in [-0.39, 0.29) is 10.8 Å². The number of benzene rings is 1. The van der Waals surface area contributed by atoms with E-state index in [4.69, 9.17) is 4.74 Å². The molecule has 1 aromatic rings. The minimum Gasteiger partial charge on any atom is -0.497 e. The zero-order chi connectivity index (χ0) is 16.6. The van der Waals surface area contributed by atoms with Gasteiger partial charge in [-0.1, -0.05) is 19.1 Å². The smallest absolute Gasteiger partial charge is 0.239 e. The number of thioether (sulfide) groups is 1. The topological polar surface area (TPSA) is 29.5 Å². The van der Waals surface area contributed by atoms with Crippen LogP contribution in [0.2, 0.25) is 0 Å². The fourth-order valence-corrected chi connectivity index (χ4v) is 4.72. The van der Waals surface area contributed by atoms with Crippen molar-refractivity contribution in [2.75, 3.05) is 13.4 Å². The highest BCUT2D eigenvalue weighted by atomic mass is 32.2. The molecule has 0 bridgehead atoms. The van der Waals surface area contributed by atoms with Crippen LogP contribution in [0, 0.1) is 5.92 Å². The molecule has 2 fully saturated rings. The van der Waals surface area contributed by atoms with Gasteiger partial charge in [-0.05, 0) is 62.5 Å². The summed E-state index contributed by atoms with van der Waals surface area (Å²) in [4.78, 5) is 15.5.